The molecule has 2 atom stereocenters. The Balaban J connectivity index is 1.50. The number of halogens is 1. The molecule has 5 heteroatoms. The normalized spacial score (nSPS) is 25.3. The molecule has 0 aliphatic carbocycles. The van der Waals surface area contributed by atoms with Crippen LogP contribution in [0.2, 0.25) is 5.02 Å². The molecule has 2 bridgehead atoms. The summed E-state index contributed by atoms with van der Waals surface area (Å²) >= 11 is 6.10. The fourth-order valence-corrected chi connectivity index (χ4v) is 3.97. The van der Waals surface area contributed by atoms with Crippen molar-refractivity contribution in [1.82, 2.24) is 9.80 Å². The van der Waals surface area contributed by atoms with Crippen molar-refractivity contribution >= 4 is 23.2 Å². The Labute approximate surface area is 143 Å². The highest BCUT2D eigenvalue weighted by Gasteiger charge is 2.34. The number of carbonyl (C=O) groups is 1. The van der Waals surface area contributed by atoms with Gasteiger partial charge >= 0.3 is 0 Å². The second-order valence-electron chi connectivity index (χ2n) is 6.85. The second-order valence-corrected chi connectivity index (χ2v) is 7.26. The molecular weight excluding hydrogens is 310 g/mol. The first-order chi connectivity index (χ1) is 11.0. The molecule has 2 aliphatic rings. The predicted octanol–water partition coefficient (Wildman–Crippen LogP) is 3.15. The van der Waals surface area contributed by atoms with Gasteiger partial charge < -0.3 is 10.2 Å². The third kappa shape index (κ3) is 3.87. The minimum absolute atomic E-state index is 0.0677. The highest BCUT2D eigenvalue weighted by Crippen LogP contribution is 2.28. The molecule has 0 saturated carbocycles. The summed E-state index contributed by atoms with van der Waals surface area (Å²) in [5.74, 6) is 0.0677. The lowest BCUT2D eigenvalue weighted by atomic mass is 10.1. The molecule has 2 aliphatic heterocycles. The summed E-state index contributed by atoms with van der Waals surface area (Å²) in [7, 11) is 2.25. The summed E-state index contributed by atoms with van der Waals surface area (Å²) in [6, 6.07) is 7.02. The number of likely N-dealkylation sites (N-methyl/N-ethyl adjacent to an activating group) is 1. The zero-order chi connectivity index (χ0) is 16.4. The minimum atomic E-state index is 0.0677. The molecule has 1 aromatic rings. The molecule has 1 amide bonds. The van der Waals surface area contributed by atoms with E-state index in [1.54, 1.807) is 0 Å². The first-order valence-electron chi connectivity index (χ1n) is 8.54. The molecule has 126 valence electrons. The van der Waals surface area contributed by atoms with Crippen LogP contribution in [0.5, 0.6) is 0 Å². The van der Waals surface area contributed by atoms with E-state index in [2.05, 4.69) is 22.2 Å². The molecule has 1 N–H and O–H groups in total. The maximum atomic E-state index is 12.2. The van der Waals surface area contributed by atoms with Crippen LogP contribution in [0.15, 0.2) is 18.2 Å². The van der Waals surface area contributed by atoms with Crippen molar-refractivity contribution in [2.75, 3.05) is 32.0 Å². The van der Waals surface area contributed by atoms with Gasteiger partial charge in [-0.05, 0) is 57.5 Å². The Hall–Kier alpha value is -1.10. The molecule has 2 heterocycles. The van der Waals surface area contributed by atoms with E-state index in [-0.39, 0.29) is 5.91 Å². The molecule has 23 heavy (non-hydrogen) atoms. The number of amides is 1. The van der Waals surface area contributed by atoms with E-state index in [4.69, 9.17) is 11.6 Å². The molecule has 1 aromatic carbocycles. The van der Waals surface area contributed by atoms with E-state index >= 15 is 0 Å². The van der Waals surface area contributed by atoms with Crippen molar-refractivity contribution < 1.29 is 4.79 Å². The van der Waals surface area contributed by atoms with E-state index in [0.717, 1.165) is 36.9 Å². The van der Waals surface area contributed by atoms with Crippen LogP contribution in [0.25, 0.3) is 0 Å². The van der Waals surface area contributed by atoms with Crippen LogP contribution in [-0.4, -0.2) is 54.5 Å². The van der Waals surface area contributed by atoms with Crippen LogP contribution >= 0.6 is 11.6 Å². The predicted molar refractivity (Wildman–Crippen MR) is 95.1 cm³/mol. The number of likely N-dealkylation sites (tertiary alicyclic amines) is 1. The van der Waals surface area contributed by atoms with Crippen LogP contribution in [0, 0.1) is 6.92 Å². The number of benzene rings is 1. The van der Waals surface area contributed by atoms with Gasteiger partial charge in [-0.15, -0.1) is 0 Å². The monoisotopic (exact) mass is 335 g/mol. The van der Waals surface area contributed by atoms with Gasteiger partial charge in [-0.3, -0.25) is 9.69 Å². The largest absolute Gasteiger partial charge is 0.326 e. The summed E-state index contributed by atoms with van der Waals surface area (Å²) in [6.45, 7) is 4.97. The van der Waals surface area contributed by atoms with Crippen molar-refractivity contribution in [3.8, 4) is 0 Å². The highest BCUT2D eigenvalue weighted by atomic mass is 35.5. The third-order valence-corrected chi connectivity index (χ3v) is 5.84. The first-order valence-corrected chi connectivity index (χ1v) is 8.91. The number of hydrogen-bond acceptors (Lipinski definition) is 3. The van der Waals surface area contributed by atoms with E-state index in [1.807, 2.05) is 25.1 Å². The van der Waals surface area contributed by atoms with Crippen LogP contribution < -0.4 is 5.32 Å². The van der Waals surface area contributed by atoms with Gasteiger partial charge in [0.1, 0.15) is 0 Å². The second kappa shape index (κ2) is 7.20. The molecule has 4 nitrogen and oxygen atoms in total. The van der Waals surface area contributed by atoms with Crippen molar-refractivity contribution in [3.63, 3.8) is 0 Å². The number of carbonyl (C=O) groups excluding carboxylic acids is 1. The topological polar surface area (TPSA) is 35.6 Å². The fourth-order valence-electron chi connectivity index (χ4n) is 3.80. The Morgan fingerprint density at radius 1 is 1.30 bits per heavy atom. The quantitative estimate of drug-likeness (QED) is 0.918. The van der Waals surface area contributed by atoms with Gasteiger partial charge in [0.15, 0.2) is 0 Å². The molecular formula is C18H26ClN3O. The van der Waals surface area contributed by atoms with Crippen molar-refractivity contribution in [3.05, 3.63) is 28.8 Å². The number of fused-ring (bicyclic) bond motifs is 2. The lowest BCUT2D eigenvalue weighted by molar-refractivity contribution is -0.116. The lowest BCUT2D eigenvalue weighted by Crippen LogP contribution is -2.37. The SMILES string of the molecule is Cc1c(Cl)cccc1NC(=O)CCN1CC[C@@H]2CC[C@H](C1)N2C. The van der Waals surface area contributed by atoms with Gasteiger partial charge in [-0.2, -0.15) is 0 Å². The zero-order valence-corrected chi connectivity index (χ0v) is 14.8. The van der Waals surface area contributed by atoms with Gasteiger partial charge in [0, 0.05) is 42.3 Å². The van der Waals surface area contributed by atoms with E-state index in [0.29, 0.717) is 17.5 Å². The number of rotatable bonds is 4. The van der Waals surface area contributed by atoms with Gasteiger partial charge in [0.05, 0.1) is 0 Å². The maximum absolute atomic E-state index is 12.2. The van der Waals surface area contributed by atoms with Crippen LogP contribution in [0.3, 0.4) is 0 Å². The van der Waals surface area contributed by atoms with Crippen molar-refractivity contribution in [2.45, 2.75) is 44.7 Å². The summed E-state index contributed by atoms with van der Waals surface area (Å²) in [5.41, 5.74) is 1.74. The average Bonchev–Trinajstić information content (AvgIpc) is 2.76. The van der Waals surface area contributed by atoms with Crippen molar-refractivity contribution in [2.24, 2.45) is 0 Å². The van der Waals surface area contributed by atoms with E-state index in [9.17, 15) is 4.79 Å². The van der Waals surface area contributed by atoms with Crippen LogP contribution in [0.1, 0.15) is 31.2 Å². The van der Waals surface area contributed by atoms with Crippen LogP contribution in [-0.2, 0) is 4.79 Å². The van der Waals surface area contributed by atoms with Gasteiger partial charge in [-0.1, -0.05) is 17.7 Å². The fraction of sp³-hybridized carbons (Fsp3) is 0.611. The number of hydrogen-bond donors (Lipinski definition) is 1. The zero-order valence-electron chi connectivity index (χ0n) is 14.0. The molecule has 0 unspecified atom stereocenters. The van der Waals surface area contributed by atoms with Gasteiger partial charge in [0.2, 0.25) is 5.91 Å². The van der Waals surface area contributed by atoms with E-state index < -0.39 is 0 Å². The Morgan fingerprint density at radius 2 is 2.09 bits per heavy atom. The smallest absolute Gasteiger partial charge is 0.225 e. The molecule has 2 saturated heterocycles. The summed E-state index contributed by atoms with van der Waals surface area (Å²) < 4.78 is 0. The summed E-state index contributed by atoms with van der Waals surface area (Å²) in [4.78, 5) is 17.2. The molecule has 0 aromatic heterocycles. The highest BCUT2D eigenvalue weighted by molar-refractivity contribution is 6.31. The van der Waals surface area contributed by atoms with E-state index in [1.165, 1.54) is 19.3 Å². The molecule has 2 fully saturated rings. The molecule has 3 rings (SSSR count). The van der Waals surface area contributed by atoms with Crippen molar-refractivity contribution in [1.29, 1.82) is 0 Å². The van der Waals surface area contributed by atoms with Crippen LogP contribution in [0.4, 0.5) is 5.69 Å². The Bertz CT molecular complexity index is 577. The minimum Gasteiger partial charge on any atom is -0.326 e. The average molecular weight is 336 g/mol. The molecule has 0 spiro atoms. The maximum Gasteiger partial charge on any atom is 0.225 e. The van der Waals surface area contributed by atoms with Gasteiger partial charge in [0.25, 0.3) is 0 Å². The van der Waals surface area contributed by atoms with Gasteiger partial charge in [-0.25, -0.2) is 0 Å². The number of anilines is 1. The third-order valence-electron chi connectivity index (χ3n) is 5.43. The summed E-state index contributed by atoms with van der Waals surface area (Å²) in [5, 5.41) is 3.68. The Kier molecular flexibility index (Phi) is 5.24. The lowest BCUT2D eigenvalue weighted by Gasteiger charge is -2.25. The Morgan fingerprint density at radius 3 is 2.91 bits per heavy atom. The molecule has 0 radical (unpaired) electrons. The first kappa shape index (κ1) is 16.7. The summed E-state index contributed by atoms with van der Waals surface area (Å²) in [6.07, 6.45) is 4.39. The standard InChI is InChI=1S/C18H26ClN3O/c1-13-16(19)4-3-5-17(13)20-18(23)9-11-22-10-8-14-6-7-15(12-22)21(14)2/h3-5,14-15H,6-12H2,1-2H3,(H,20,23)/t14-,15+/m0/s1. The number of nitrogens with one attached hydrogen (secondary N) is 1. The number of nitrogens with zero attached hydrogens (tertiary/aromatic N) is 2.